The molecule has 0 aliphatic carbocycles. The van der Waals surface area contributed by atoms with E-state index in [-0.39, 0.29) is 11.8 Å². The number of anilines is 1. The van der Waals surface area contributed by atoms with Crippen LogP contribution in [0.25, 0.3) is 16.6 Å². The second kappa shape index (κ2) is 9.77. The number of aromatic nitrogens is 1. The van der Waals surface area contributed by atoms with Crippen molar-refractivity contribution < 1.29 is 19.1 Å². The molecule has 1 aliphatic rings. The van der Waals surface area contributed by atoms with Crippen molar-refractivity contribution in [2.45, 2.75) is 25.8 Å². The molecule has 1 N–H and O–H groups in total. The average Bonchev–Trinajstić information content (AvgIpc) is 3.30. The summed E-state index contributed by atoms with van der Waals surface area (Å²) in [6.45, 7) is 2.62. The van der Waals surface area contributed by atoms with E-state index in [4.69, 9.17) is 9.47 Å². The smallest absolute Gasteiger partial charge is 0.259 e. The van der Waals surface area contributed by atoms with Crippen molar-refractivity contribution in [1.29, 1.82) is 0 Å². The molecular weight excluding hydrogens is 454 g/mol. The Hall–Kier alpha value is -4.26. The van der Waals surface area contributed by atoms with E-state index in [1.165, 1.54) is 0 Å². The number of unbranched alkanes of at least 4 members (excludes halogenated alkanes) is 1. The van der Waals surface area contributed by atoms with Crippen molar-refractivity contribution in [1.82, 2.24) is 9.88 Å². The quantitative estimate of drug-likeness (QED) is 0.364. The lowest BCUT2D eigenvalue weighted by molar-refractivity contribution is -0.122. The summed E-state index contributed by atoms with van der Waals surface area (Å²) in [5.41, 5.74) is 3.62. The van der Waals surface area contributed by atoms with Gasteiger partial charge in [-0.2, -0.15) is 0 Å². The van der Waals surface area contributed by atoms with Crippen LogP contribution in [0.3, 0.4) is 0 Å². The minimum Gasteiger partial charge on any atom is -0.497 e. The lowest BCUT2D eigenvalue weighted by Crippen LogP contribution is -2.47. The average molecular weight is 484 g/mol. The SMILES string of the molecule is CCCCNC(=O)C1c2cc3cc(OC)ccc3n2-c2ccccc2N1C(=O)c1cccc(OC)c1. The van der Waals surface area contributed by atoms with Gasteiger partial charge in [-0.25, -0.2) is 0 Å². The van der Waals surface area contributed by atoms with E-state index >= 15 is 0 Å². The van der Waals surface area contributed by atoms with E-state index in [2.05, 4.69) is 16.8 Å². The van der Waals surface area contributed by atoms with Crippen molar-refractivity contribution in [2.75, 3.05) is 25.7 Å². The highest BCUT2D eigenvalue weighted by Crippen LogP contribution is 2.43. The highest BCUT2D eigenvalue weighted by atomic mass is 16.5. The van der Waals surface area contributed by atoms with Crippen molar-refractivity contribution in [3.05, 3.63) is 84.1 Å². The Bertz CT molecular complexity index is 1440. The second-order valence-corrected chi connectivity index (χ2v) is 8.77. The molecule has 2 amide bonds. The van der Waals surface area contributed by atoms with Crippen LogP contribution >= 0.6 is 0 Å². The molecule has 0 spiro atoms. The molecule has 1 aromatic heterocycles. The number of carbonyl (C=O) groups is 2. The molecular formula is C29H29N3O4. The van der Waals surface area contributed by atoms with Crippen LogP contribution in [-0.2, 0) is 4.79 Å². The molecule has 1 aliphatic heterocycles. The van der Waals surface area contributed by atoms with Crippen LogP contribution in [0.5, 0.6) is 11.5 Å². The monoisotopic (exact) mass is 483 g/mol. The fourth-order valence-corrected chi connectivity index (χ4v) is 4.80. The Morgan fingerprint density at radius 3 is 2.39 bits per heavy atom. The number of rotatable bonds is 7. The topological polar surface area (TPSA) is 72.8 Å². The number of hydrogen-bond donors (Lipinski definition) is 1. The predicted molar refractivity (Wildman–Crippen MR) is 140 cm³/mol. The maximum Gasteiger partial charge on any atom is 0.259 e. The number of nitrogens with one attached hydrogen (secondary N) is 1. The van der Waals surface area contributed by atoms with Gasteiger partial charge in [0.15, 0.2) is 6.04 Å². The van der Waals surface area contributed by atoms with Crippen LogP contribution < -0.4 is 19.7 Å². The summed E-state index contributed by atoms with van der Waals surface area (Å²) in [5, 5.41) is 3.99. The van der Waals surface area contributed by atoms with Crippen molar-refractivity contribution in [3.63, 3.8) is 0 Å². The molecule has 0 bridgehead atoms. The van der Waals surface area contributed by atoms with E-state index in [0.717, 1.165) is 40.9 Å². The van der Waals surface area contributed by atoms with Gasteiger partial charge in [0.2, 0.25) is 5.91 Å². The molecule has 36 heavy (non-hydrogen) atoms. The lowest BCUT2D eigenvalue weighted by Gasteiger charge is -2.37. The zero-order chi connectivity index (χ0) is 25.2. The highest BCUT2D eigenvalue weighted by Gasteiger charge is 2.40. The van der Waals surface area contributed by atoms with E-state index in [1.54, 1.807) is 43.4 Å². The molecule has 2 heterocycles. The Labute approximate surface area is 210 Å². The standard InChI is InChI=1S/C29H29N3O4/c1-4-5-15-30-28(33)27-26-18-20-17-22(36-3)13-14-23(20)31(26)24-11-6-7-12-25(24)32(27)29(34)19-9-8-10-21(16-19)35-2/h6-14,16-18,27H,4-5,15H2,1-3H3,(H,30,33). The van der Waals surface area contributed by atoms with Crippen LogP contribution in [-0.4, -0.2) is 37.1 Å². The van der Waals surface area contributed by atoms with Gasteiger partial charge in [0, 0.05) is 17.5 Å². The number of benzene rings is 3. The van der Waals surface area contributed by atoms with Crippen molar-refractivity contribution in [2.24, 2.45) is 0 Å². The molecule has 5 rings (SSSR count). The molecule has 1 unspecified atom stereocenters. The van der Waals surface area contributed by atoms with Gasteiger partial charge in [-0.05, 0) is 61.0 Å². The third kappa shape index (κ3) is 3.96. The first kappa shape index (κ1) is 23.5. The molecule has 3 aromatic carbocycles. The minimum atomic E-state index is -0.853. The Morgan fingerprint density at radius 2 is 1.64 bits per heavy atom. The van der Waals surface area contributed by atoms with Crippen LogP contribution in [0.2, 0.25) is 0 Å². The molecule has 0 saturated heterocycles. The van der Waals surface area contributed by atoms with Gasteiger partial charge in [-0.15, -0.1) is 0 Å². The molecule has 0 fully saturated rings. The first-order chi connectivity index (χ1) is 17.6. The normalized spacial score (nSPS) is 14.2. The van der Waals surface area contributed by atoms with E-state index < -0.39 is 6.04 Å². The summed E-state index contributed by atoms with van der Waals surface area (Å²) < 4.78 is 12.9. The molecule has 7 nitrogen and oxygen atoms in total. The zero-order valence-electron chi connectivity index (χ0n) is 20.7. The predicted octanol–water partition coefficient (Wildman–Crippen LogP) is 5.27. The Kier molecular flexibility index (Phi) is 6.38. The number of methoxy groups -OCH3 is 2. The van der Waals surface area contributed by atoms with Gasteiger partial charge in [-0.1, -0.05) is 31.5 Å². The van der Waals surface area contributed by atoms with Gasteiger partial charge in [0.1, 0.15) is 11.5 Å². The number of ether oxygens (including phenoxy) is 2. The molecule has 7 heteroatoms. The zero-order valence-corrected chi connectivity index (χ0v) is 20.7. The third-order valence-corrected chi connectivity index (χ3v) is 6.57. The van der Waals surface area contributed by atoms with Crippen LogP contribution in [0, 0.1) is 0 Å². The number of para-hydroxylation sites is 2. The van der Waals surface area contributed by atoms with Crippen LogP contribution in [0.1, 0.15) is 41.9 Å². The van der Waals surface area contributed by atoms with Crippen molar-refractivity contribution >= 4 is 28.4 Å². The third-order valence-electron chi connectivity index (χ3n) is 6.57. The van der Waals surface area contributed by atoms with Gasteiger partial charge in [-0.3, -0.25) is 14.5 Å². The summed E-state index contributed by atoms with van der Waals surface area (Å²) in [6.07, 6.45) is 1.82. The summed E-state index contributed by atoms with van der Waals surface area (Å²) in [7, 11) is 3.20. The number of nitrogens with zero attached hydrogens (tertiary/aromatic N) is 2. The van der Waals surface area contributed by atoms with E-state index in [1.807, 2.05) is 48.5 Å². The fourth-order valence-electron chi connectivity index (χ4n) is 4.80. The first-order valence-electron chi connectivity index (χ1n) is 12.1. The van der Waals surface area contributed by atoms with E-state index in [9.17, 15) is 9.59 Å². The summed E-state index contributed by atoms with van der Waals surface area (Å²) in [6, 6.07) is 21.7. The van der Waals surface area contributed by atoms with Gasteiger partial charge in [0.05, 0.1) is 36.8 Å². The maximum atomic E-state index is 14.1. The summed E-state index contributed by atoms with van der Waals surface area (Å²) >= 11 is 0. The molecule has 0 radical (unpaired) electrons. The number of carbonyl (C=O) groups excluding carboxylic acids is 2. The summed E-state index contributed by atoms with van der Waals surface area (Å²) in [5.74, 6) is 0.819. The van der Waals surface area contributed by atoms with Crippen LogP contribution in [0.15, 0.2) is 72.8 Å². The van der Waals surface area contributed by atoms with E-state index in [0.29, 0.717) is 23.5 Å². The second-order valence-electron chi connectivity index (χ2n) is 8.77. The number of hydrogen-bond acceptors (Lipinski definition) is 4. The number of amides is 2. The van der Waals surface area contributed by atoms with Gasteiger partial charge >= 0.3 is 0 Å². The first-order valence-corrected chi connectivity index (χ1v) is 12.1. The fraction of sp³-hybridized carbons (Fsp3) is 0.241. The number of fused-ring (bicyclic) bond motifs is 5. The van der Waals surface area contributed by atoms with Crippen LogP contribution in [0.4, 0.5) is 5.69 Å². The largest absolute Gasteiger partial charge is 0.497 e. The summed E-state index contributed by atoms with van der Waals surface area (Å²) in [4.78, 5) is 29.4. The Balaban J connectivity index is 1.72. The molecule has 4 aromatic rings. The maximum absolute atomic E-state index is 14.1. The molecule has 184 valence electrons. The lowest BCUT2D eigenvalue weighted by atomic mass is 10.0. The van der Waals surface area contributed by atoms with Crippen molar-refractivity contribution in [3.8, 4) is 17.2 Å². The molecule has 0 saturated carbocycles. The van der Waals surface area contributed by atoms with Gasteiger partial charge < -0.3 is 19.4 Å². The highest BCUT2D eigenvalue weighted by molar-refractivity contribution is 6.12. The van der Waals surface area contributed by atoms with Gasteiger partial charge in [0.25, 0.3) is 5.91 Å². The minimum absolute atomic E-state index is 0.217. The molecule has 1 atom stereocenters. The Morgan fingerprint density at radius 1 is 0.889 bits per heavy atom.